The van der Waals surface area contributed by atoms with Crippen LogP contribution in [0.1, 0.15) is 26.7 Å². The van der Waals surface area contributed by atoms with Gasteiger partial charge in [0.2, 0.25) is 0 Å². The summed E-state index contributed by atoms with van der Waals surface area (Å²) in [7, 11) is 0. The van der Waals surface area contributed by atoms with Crippen LogP contribution in [-0.2, 0) is 0 Å². The van der Waals surface area contributed by atoms with Gasteiger partial charge in [0, 0.05) is 0 Å². The van der Waals surface area contributed by atoms with Crippen molar-refractivity contribution in [3.05, 3.63) is 24.8 Å². The Hall–Kier alpha value is 0.650. The van der Waals surface area contributed by atoms with Crippen molar-refractivity contribution in [1.82, 2.24) is 5.32 Å². The van der Waals surface area contributed by atoms with Gasteiger partial charge in [-0.2, -0.15) is 0 Å². The van der Waals surface area contributed by atoms with E-state index in [-0.39, 0.29) is 21.2 Å². The number of alkyl halides is 3. The molecule has 1 fully saturated rings. The van der Waals surface area contributed by atoms with Crippen LogP contribution < -0.4 is 26.5 Å². The second-order valence-electron chi connectivity index (χ2n) is 3.46. The topological polar surface area (TPSA) is 12.0 Å². The summed E-state index contributed by atoms with van der Waals surface area (Å²) < 4.78 is 1.10. The molecule has 1 rings (SSSR count). The Morgan fingerprint density at radius 1 is 1.71 bits per heavy atom. The Bertz CT molecular complexity index is 241. The normalized spacial score (nSPS) is 32.9. The van der Waals surface area contributed by atoms with E-state index in [0.29, 0.717) is 12.4 Å². The third kappa shape index (κ3) is 2.42. The van der Waals surface area contributed by atoms with Crippen LogP contribution in [0.3, 0.4) is 0 Å². The van der Waals surface area contributed by atoms with Crippen molar-refractivity contribution >= 4 is 15.9 Å². The molecule has 0 aromatic heterocycles. The molecule has 0 spiro atoms. The Morgan fingerprint density at radius 3 is 2.79 bits per heavy atom. The van der Waals surface area contributed by atoms with Gasteiger partial charge >= 0.3 is 106 Å². The average molecular weight is 371 g/mol. The van der Waals surface area contributed by atoms with Crippen molar-refractivity contribution in [3.63, 3.8) is 0 Å². The first-order valence-corrected chi connectivity index (χ1v) is 8.21. The number of hydrogen-bond donors (Lipinski definition) is 1. The molecule has 1 saturated heterocycles. The standard InChI is InChI=1S/C11H18BrIN/c1-5-8(4)11(7-3)10(13-11)14-9(12)6-2/h5,9-10,14H,1,4,6-7H2,2-3H3/q-1/t9-,10?,11?/m0/s1. The first-order valence-electron chi connectivity index (χ1n) is 4.97. The minimum absolute atomic E-state index is 0.223. The maximum atomic E-state index is 4.12. The van der Waals surface area contributed by atoms with Crippen LogP contribution in [0.25, 0.3) is 0 Å². The van der Waals surface area contributed by atoms with Crippen LogP contribution in [0.15, 0.2) is 24.8 Å². The maximum absolute atomic E-state index is 4.12. The van der Waals surface area contributed by atoms with Gasteiger partial charge in [0.1, 0.15) is 0 Å². The fourth-order valence-electron chi connectivity index (χ4n) is 1.49. The molecule has 1 heterocycles. The molecule has 2 unspecified atom stereocenters. The average Bonchev–Trinajstić information content (AvgIpc) is 2.91. The van der Waals surface area contributed by atoms with E-state index in [9.17, 15) is 0 Å². The van der Waals surface area contributed by atoms with Crippen LogP contribution in [0.2, 0.25) is 0 Å². The molecule has 82 valence electrons. The van der Waals surface area contributed by atoms with Crippen molar-refractivity contribution < 1.29 is 21.2 Å². The number of rotatable bonds is 6. The van der Waals surface area contributed by atoms with Crippen LogP contribution in [0.4, 0.5) is 0 Å². The molecule has 0 amide bonds. The Morgan fingerprint density at radius 2 is 2.36 bits per heavy atom. The van der Waals surface area contributed by atoms with E-state index in [1.165, 1.54) is 12.0 Å². The zero-order chi connectivity index (χ0) is 10.8. The minimum atomic E-state index is 0.223. The predicted molar refractivity (Wildman–Crippen MR) is 62.3 cm³/mol. The van der Waals surface area contributed by atoms with Gasteiger partial charge in [0.05, 0.1) is 0 Å². The molecule has 0 aliphatic carbocycles. The zero-order valence-corrected chi connectivity index (χ0v) is 12.6. The molecule has 3 atom stereocenters. The van der Waals surface area contributed by atoms with Gasteiger partial charge in [0.25, 0.3) is 0 Å². The van der Waals surface area contributed by atoms with E-state index in [4.69, 9.17) is 0 Å². The molecular weight excluding hydrogens is 353 g/mol. The molecule has 1 N–H and O–H groups in total. The molecule has 0 bridgehead atoms. The molecule has 0 aromatic rings. The van der Waals surface area contributed by atoms with Crippen molar-refractivity contribution in [2.75, 3.05) is 0 Å². The van der Waals surface area contributed by atoms with Crippen molar-refractivity contribution in [1.29, 1.82) is 0 Å². The molecule has 1 aliphatic rings. The van der Waals surface area contributed by atoms with Crippen LogP contribution in [-0.4, -0.2) is 12.4 Å². The molecule has 1 nitrogen and oxygen atoms in total. The third-order valence-electron chi connectivity index (χ3n) is 2.64. The van der Waals surface area contributed by atoms with Crippen molar-refractivity contribution in [2.24, 2.45) is 0 Å². The van der Waals surface area contributed by atoms with Gasteiger partial charge in [-0.3, -0.25) is 0 Å². The van der Waals surface area contributed by atoms with Gasteiger partial charge in [0.15, 0.2) is 0 Å². The quantitative estimate of drug-likeness (QED) is 0.301. The second-order valence-corrected chi connectivity index (χ2v) is 8.36. The predicted octanol–water partition coefficient (Wildman–Crippen LogP) is 0.0267. The summed E-state index contributed by atoms with van der Waals surface area (Å²) >= 11 is 3.84. The first-order chi connectivity index (χ1) is 6.60. The first kappa shape index (κ1) is 12.7. The van der Waals surface area contributed by atoms with E-state index in [0.717, 1.165) is 6.42 Å². The van der Waals surface area contributed by atoms with Gasteiger partial charge in [-0.1, -0.05) is 0 Å². The Balaban J connectivity index is 2.54. The third-order valence-corrected chi connectivity index (χ3v) is 8.11. The molecular formula is C11H18BrIN-. The number of hydrogen-bond acceptors (Lipinski definition) is 1. The number of halogens is 2. The molecule has 0 saturated carbocycles. The van der Waals surface area contributed by atoms with E-state index < -0.39 is 0 Å². The Labute approximate surface area is 106 Å². The summed E-state index contributed by atoms with van der Waals surface area (Å²) in [6.45, 7) is 12.4. The summed E-state index contributed by atoms with van der Waals surface area (Å²) in [5.74, 6) is 0. The molecule has 3 heteroatoms. The number of nitrogens with one attached hydrogen (secondary N) is 1. The molecule has 14 heavy (non-hydrogen) atoms. The van der Waals surface area contributed by atoms with E-state index >= 15 is 0 Å². The Kier molecular flexibility index (Phi) is 4.65. The van der Waals surface area contributed by atoms with Crippen molar-refractivity contribution in [2.45, 2.75) is 39.1 Å². The van der Waals surface area contributed by atoms with Gasteiger partial charge in [-0.15, -0.1) is 0 Å². The van der Waals surface area contributed by atoms with Gasteiger partial charge in [-0.05, 0) is 0 Å². The second kappa shape index (κ2) is 5.12. The summed E-state index contributed by atoms with van der Waals surface area (Å²) in [5.41, 5.74) is 1.24. The van der Waals surface area contributed by atoms with E-state index in [1.807, 2.05) is 6.08 Å². The van der Waals surface area contributed by atoms with E-state index in [2.05, 4.69) is 48.3 Å². The summed E-state index contributed by atoms with van der Waals surface area (Å²) in [6, 6.07) is 0. The SMILES string of the molecule is C=CC(=C)C1(CC)[I-]C1N[C@H](Br)CC. The zero-order valence-electron chi connectivity index (χ0n) is 8.82. The van der Waals surface area contributed by atoms with Gasteiger partial charge < -0.3 is 0 Å². The van der Waals surface area contributed by atoms with Crippen molar-refractivity contribution in [3.8, 4) is 0 Å². The molecule has 1 aliphatic heterocycles. The number of allylic oxidation sites excluding steroid dienone is 1. The van der Waals surface area contributed by atoms with E-state index in [1.54, 1.807) is 0 Å². The summed E-state index contributed by atoms with van der Waals surface area (Å²) in [5, 5.41) is 3.62. The molecule has 0 radical (unpaired) electrons. The van der Waals surface area contributed by atoms with Gasteiger partial charge in [-0.25, -0.2) is 0 Å². The summed E-state index contributed by atoms with van der Waals surface area (Å²) in [6.07, 6.45) is 4.26. The fraction of sp³-hybridized carbons (Fsp3) is 0.636. The van der Waals surface area contributed by atoms with Crippen LogP contribution in [0.5, 0.6) is 0 Å². The summed E-state index contributed by atoms with van der Waals surface area (Å²) in [4.78, 5) is 0.457. The fourth-order valence-corrected chi connectivity index (χ4v) is 5.87. The van der Waals surface area contributed by atoms with Crippen LogP contribution in [0, 0.1) is 0 Å². The van der Waals surface area contributed by atoms with Crippen LogP contribution >= 0.6 is 15.9 Å². The molecule has 0 aromatic carbocycles. The monoisotopic (exact) mass is 370 g/mol.